The molecule has 0 heterocycles. The average molecular weight is 173 g/mol. The van der Waals surface area contributed by atoms with Crippen LogP contribution in [0.5, 0.6) is 0 Å². The maximum Gasteiger partial charge on any atom is 0.394 e. The van der Waals surface area contributed by atoms with Gasteiger partial charge in [0.2, 0.25) is 0 Å². The fraction of sp³-hybridized carbons (Fsp3) is 0.750. The third-order valence-corrected chi connectivity index (χ3v) is 1.44. The summed E-state index contributed by atoms with van der Waals surface area (Å²) in [5.41, 5.74) is 0. The van der Waals surface area contributed by atoms with Crippen LogP contribution in [0, 0.1) is 5.92 Å². The first-order valence-corrected chi connectivity index (χ1v) is 4.01. The molecular weight excluding hydrogens is 158 g/mol. The predicted octanol–water partition coefficient (Wildman–Crippen LogP) is 0.575. The highest BCUT2D eigenvalue weighted by Crippen LogP contribution is 1.98. The Morgan fingerprint density at radius 1 is 1.42 bits per heavy atom. The molecule has 0 atom stereocenters. The van der Waals surface area contributed by atoms with Crippen molar-refractivity contribution in [3.8, 4) is 0 Å². The largest absolute Gasteiger partial charge is 0.474 e. The molecule has 0 aliphatic rings. The standard InChI is InChI=1S/C8H15NO3/c1-4-9(5-6(2)3)7(10)8(11)12/h6H,4-5H2,1-3H3,(H,11,12). The van der Waals surface area contributed by atoms with E-state index in [4.69, 9.17) is 5.11 Å². The molecule has 0 aliphatic heterocycles. The van der Waals surface area contributed by atoms with E-state index in [0.717, 1.165) is 0 Å². The summed E-state index contributed by atoms with van der Waals surface area (Å²) < 4.78 is 0. The zero-order valence-corrected chi connectivity index (χ0v) is 7.70. The molecule has 4 nitrogen and oxygen atoms in total. The van der Waals surface area contributed by atoms with Crippen LogP contribution in [0.15, 0.2) is 0 Å². The summed E-state index contributed by atoms with van der Waals surface area (Å²) in [7, 11) is 0. The molecule has 0 bridgehead atoms. The molecule has 0 aromatic heterocycles. The van der Waals surface area contributed by atoms with Crippen molar-refractivity contribution < 1.29 is 14.7 Å². The molecule has 0 aliphatic carbocycles. The van der Waals surface area contributed by atoms with Crippen molar-refractivity contribution in [1.29, 1.82) is 0 Å². The molecule has 0 fully saturated rings. The van der Waals surface area contributed by atoms with Crippen LogP contribution in [0.1, 0.15) is 20.8 Å². The zero-order valence-electron chi connectivity index (χ0n) is 7.70. The maximum atomic E-state index is 10.9. The Balaban J connectivity index is 4.15. The third kappa shape index (κ3) is 3.37. The van der Waals surface area contributed by atoms with E-state index in [9.17, 15) is 9.59 Å². The number of nitrogens with zero attached hydrogens (tertiary/aromatic N) is 1. The average Bonchev–Trinajstić information content (AvgIpc) is 1.98. The fourth-order valence-corrected chi connectivity index (χ4v) is 0.932. The van der Waals surface area contributed by atoms with Crippen LogP contribution in [-0.2, 0) is 9.59 Å². The number of carboxylic acids is 1. The summed E-state index contributed by atoms with van der Waals surface area (Å²) in [5.74, 6) is -1.89. The van der Waals surface area contributed by atoms with Gasteiger partial charge < -0.3 is 10.0 Å². The second-order valence-corrected chi connectivity index (χ2v) is 3.04. The van der Waals surface area contributed by atoms with Crippen molar-refractivity contribution in [2.75, 3.05) is 13.1 Å². The van der Waals surface area contributed by atoms with E-state index in [-0.39, 0.29) is 0 Å². The number of likely N-dealkylation sites (N-methyl/N-ethyl adjacent to an activating group) is 1. The molecule has 1 amide bonds. The Bertz CT molecular complexity index is 177. The highest BCUT2D eigenvalue weighted by molar-refractivity contribution is 6.31. The SMILES string of the molecule is CCN(CC(C)C)C(=O)C(=O)O. The summed E-state index contributed by atoms with van der Waals surface area (Å²) in [6, 6.07) is 0. The highest BCUT2D eigenvalue weighted by Gasteiger charge is 2.19. The van der Waals surface area contributed by atoms with Gasteiger partial charge in [-0.2, -0.15) is 0 Å². The first kappa shape index (κ1) is 10.9. The minimum Gasteiger partial charge on any atom is -0.474 e. The summed E-state index contributed by atoms with van der Waals surface area (Å²) >= 11 is 0. The monoisotopic (exact) mass is 173 g/mol. The van der Waals surface area contributed by atoms with E-state index in [0.29, 0.717) is 19.0 Å². The van der Waals surface area contributed by atoms with Crippen molar-refractivity contribution in [3.05, 3.63) is 0 Å². The van der Waals surface area contributed by atoms with Crippen molar-refractivity contribution in [2.45, 2.75) is 20.8 Å². The molecule has 4 heteroatoms. The van der Waals surface area contributed by atoms with Gasteiger partial charge in [0.1, 0.15) is 0 Å². The van der Waals surface area contributed by atoms with Crippen LogP contribution in [0.3, 0.4) is 0 Å². The van der Waals surface area contributed by atoms with Crippen LogP contribution >= 0.6 is 0 Å². The Hall–Kier alpha value is -1.06. The Morgan fingerprint density at radius 3 is 2.17 bits per heavy atom. The van der Waals surface area contributed by atoms with Crippen molar-refractivity contribution in [2.24, 2.45) is 5.92 Å². The molecule has 0 rings (SSSR count). The smallest absolute Gasteiger partial charge is 0.394 e. The van der Waals surface area contributed by atoms with Gasteiger partial charge in [0.05, 0.1) is 0 Å². The molecule has 0 saturated carbocycles. The van der Waals surface area contributed by atoms with Gasteiger partial charge in [-0.15, -0.1) is 0 Å². The summed E-state index contributed by atoms with van der Waals surface area (Å²) in [6.45, 7) is 6.60. The van der Waals surface area contributed by atoms with E-state index in [2.05, 4.69) is 0 Å². The number of hydrogen-bond donors (Lipinski definition) is 1. The topological polar surface area (TPSA) is 57.6 Å². The number of carbonyl (C=O) groups is 2. The molecule has 12 heavy (non-hydrogen) atoms. The lowest BCUT2D eigenvalue weighted by atomic mass is 10.2. The van der Waals surface area contributed by atoms with Crippen LogP contribution < -0.4 is 0 Å². The highest BCUT2D eigenvalue weighted by atomic mass is 16.4. The Labute approximate surface area is 72.2 Å². The fourth-order valence-electron chi connectivity index (χ4n) is 0.932. The van der Waals surface area contributed by atoms with Gasteiger partial charge in [-0.25, -0.2) is 4.79 Å². The Kier molecular flexibility index (Phi) is 4.33. The molecule has 0 radical (unpaired) electrons. The Morgan fingerprint density at radius 2 is 1.92 bits per heavy atom. The van der Waals surface area contributed by atoms with Gasteiger partial charge in [0.25, 0.3) is 0 Å². The first-order chi connectivity index (χ1) is 5.49. The molecule has 70 valence electrons. The lowest BCUT2D eigenvalue weighted by Gasteiger charge is -2.20. The molecule has 0 aromatic rings. The molecule has 0 saturated heterocycles. The molecule has 0 spiro atoms. The van der Waals surface area contributed by atoms with Crippen molar-refractivity contribution in [3.63, 3.8) is 0 Å². The van der Waals surface area contributed by atoms with Gasteiger partial charge in [0, 0.05) is 13.1 Å². The minimum absolute atomic E-state index is 0.299. The quantitative estimate of drug-likeness (QED) is 0.635. The van der Waals surface area contributed by atoms with Crippen LogP contribution in [0.4, 0.5) is 0 Å². The third-order valence-electron chi connectivity index (χ3n) is 1.44. The van der Waals surface area contributed by atoms with Gasteiger partial charge >= 0.3 is 11.9 Å². The molecular formula is C8H15NO3. The van der Waals surface area contributed by atoms with Gasteiger partial charge in [-0.3, -0.25) is 4.79 Å². The van der Waals surface area contributed by atoms with E-state index in [1.54, 1.807) is 6.92 Å². The van der Waals surface area contributed by atoms with E-state index in [1.165, 1.54) is 4.90 Å². The molecule has 0 unspecified atom stereocenters. The predicted molar refractivity (Wildman–Crippen MR) is 44.7 cm³/mol. The van der Waals surface area contributed by atoms with Crippen molar-refractivity contribution >= 4 is 11.9 Å². The second kappa shape index (κ2) is 4.74. The van der Waals surface area contributed by atoms with Gasteiger partial charge in [-0.1, -0.05) is 13.8 Å². The second-order valence-electron chi connectivity index (χ2n) is 3.04. The number of rotatable bonds is 3. The number of hydrogen-bond acceptors (Lipinski definition) is 2. The zero-order chi connectivity index (χ0) is 9.72. The van der Waals surface area contributed by atoms with E-state index >= 15 is 0 Å². The summed E-state index contributed by atoms with van der Waals surface area (Å²) in [6.07, 6.45) is 0. The van der Waals surface area contributed by atoms with E-state index < -0.39 is 11.9 Å². The van der Waals surface area contributed by atoms with Gasteiger partial charge in [0.15, 0.2) is 0 Å². The lowest BCUT2D eigenvalue weighted by Crippen LogP contribution is -2.38. The van der Waals surface area contributed by atoms with E-state index in [1.807, 2.05) is 13.8 Å². The molecule has 0 aromatic carbocycles. The van der Waals surface area contributed by atoms with Gasteiger partial charge in [-0.05, 0) is 12.8 Å². The van der Waals surface area contributed by atoms with Crippen LogP contribution in [0.2, 0.25) is 0 Å². The number of amides is 1. The summed E-state index contributed by atoms with van der Waals surface area (Å²) in [4.78, 5) is 22.6. The number of aliphatic carboxylic acids is 1. The number of carboxylic acid groups (broad SMARTS) is 1. The first-order valence-electron chi connectivity index (χ1n) is 4.01. The maximum absolute atomic E-state index is 10.9. The number of carbonyl (C=O) groups excluding carboxylic acids is 1. The lowest BCUT2D eigenvalue weighted by molar-refractivity contribution is -0.156. The van der Waals surface area contributed by atoms with Crippen molar-refractivity contribution in [1.82, 2.24) is 4.90 Å². The van der Waals surface area contributed by atoms with Crippen LogP contribution in [-0.4, -0.2) is 35.0 Å². The molecule has 1 N–H and O–H groups in total. The van der Waals surface area contributed by atoms with Crippen LogP contribution in [0.25, 0.3) is 0 Å². The minimum atomic E-state index is -1.38. The normalized spacial score (nSPS) is 10.0. The summed E-state index contributed by atoms with van der Waals surface area (Å²) in [5, 5.41) is 8.41.